The molecule has 0 radical (unpaired) electrons. The lowest BCUT2D eigenvalue weighted by molar-refractivity contribution is -0.116. The summed E-state index contributed by atoms with van der Waals surface area (Å²) in [4.78, 5) is 23.5. The number of carbonyl (C=O) groups is 2. The number of hydrogen-bond donors (Lipinski definition) is 1. The van der Waals surface area contributed by atoms with E-state index < -0.39 is 5.97 Å². The molecule has 0 bridgehead atoms. The summed E-state index contributed by atoms with van der Waals surface area (Å²) in [6.07, 6.45) is 1.52. The first kappa shape index (κ1) is 18.7. The van der Waals surface area contributed by atoms with Gasteiger partial charge in [-0.1, -0.05) is 30.0 Å². The average Bonchev–Trinajstić information content (AvgIpc) is 3.08. The van der Waals surface area contributed by atoms with Gasteiger partial charge in [-0.2, -0.15) is 5.10 Å². The van der Waals surface area contributed by atoms with Gasteiger partial charge in [0.25, 0.3) is 0 Å². The Morgan fingerprint density at radius 2 is 2.04 bits per heavy atom. The fourth-order valence-corrected chi connectivity index (χ4v) is 2.96. The zero-order chi connectivity index (χ0) is 19.2. The summed E-state index contributed by atoms with van der Waals surface area (Å²) in [6, 6.07) is 12.3. The maximum absolute atomic E-state index is 12.4. The predicted octanol–water partition coefficient (Wildman–Crippen LogP) is 2.78. The zero-order valence-electron chi connectivity index (χ0n) is 14.8. The highest BCUT2D eigenvalue weighted by Gasteiger charge is 2.16. The highest BCUT2D eigenvalue weighted by molar-refractivity contribution is 8.15. The largest absolute Gasteiger partial charge is 0.493 e. The lowest BCUT2D eigenvalue weighted by Crippen LogP contribution is -2.19. The number of carbonyl (C=O) groups excluding carboxylic acids is 2. The molecule has 3 rings (SSSR count). The van der Waals surface area contributed by atoms with Gasteiger partial charge in [0.05, 0.1) is 24.6 Å². The molecule has 1 fully saturated rings. The van der Waals surface area contributed by atoms with Gasteiger partial charge in [0.1, 0.15) is 0 Å². The molecular weight excluding hydrogens is 366 g/mol. The smallest absolute Gasteiger partial charge is 0.343 e. The Morgan fingerprint density at radius 3 is 2.74 bits per heavy atom. The Balaban J connectivity index is 1.73. The van der Waals surface area contributed by atoms with Gasteiger partial charge in [0, 0.05) is 0 Å². The average molecular weight is 383 g/mol. The lowest BCUT2D eigenvalue weighted by atomic mass is 10.1. The summed E-state index contributed by atoms with van der Waals surface area (Å²) < 4.78 is 10.8. The first-order valence-corrected chi connectivity index (χ1v) is 9.05. The molecule has 0 aromatic heterocycles. The molecule has 138 valence electrons. The fraction of sp³-hybridized carbons (Fsp3) is 0.158. The summed E-state index contributed by atoms with van der Waals surface area (Å²) in [6.45, 7) is 1.85. The summed E-state index contributed by atoms with van der Waals surface area (Å²) in [7, 11) is 1.49. The molecule has 1 amide bonds. The number of benzene rings is 2. The molecular formula is C19H17N3O4S. The number of thioether (sulfide) groups is 1. The Labute approximate surface area is 160 Å². The van der Waals surface area contributed by atoms with Gasteiger partial charge in [-0.05, 0) is 42.3 Å². The van der Waals surface area contributed by atoms with Gasteiger partial charge in [0.2, 0.25) is 5.91 Å². The number of nitrogens with zero attached hydrogens (tertiary/aromatic N) is 2. The van der Waals surface area contributed by atoms with Crippen LogP contribution in [0.5, 0.6) is 11.5 Å². The molecule has 27 heavy (non-hydrogen) atoms. The van der Waals surface area contributed by atoms with Crippen LogP contribution in [0.15, 0.2) is 52.7 Å². The second-order valence-electron chi connectivity index (χ2n) is 5.60. The Hall–Kier alpha value is -3.13. The van der Waals surface area contributed by atoms with Crippen molar-refractivity contribution in [3.8, 4) is 11.5 Å². The van der Waals surface area contributed by atoms with Crippen molar-refractivity contribution in [2.75, 3.05) is 12.9 Å². The van der Waals surface area contributed by atoms with Crippen LogP contribution in [-0.2, 0) is 4.79 Å². The molecule has 7 nitrogen and oxygen atoms in total. The topological polar surface area (TPSA) is 89.3 Å². The first-order valence-electron chi connectivity index (χ1n) is 8.06. The zero-order valence-corrected chi connectivity index (χ0v) is 15.6. The highest BCUT2D eigenvalue weighted by Crippen LogP contribution is 2.28. The van der Waals surface area contributed by atoms with Gasteiger partial charge in [-0.3, -0.25) is 4.79 Å². The molecule has 2 aromatic rings. The molecule has 1 aliphatic rings. The molecule has 0 atom stereocenters. The van der Waals surface area contributed by atoms with Crippen LogP contribution in [0.2, 0.25) is 0 Å². The maximum Gasteiger partial charge on any atom is 0.343 e. The van der Waals surface area contributed by atoms with Crippen molar-refractivity contribution in [2.45, 2.75) is 6.92 Å². The fourth-order valence-electron chi connectivity index (χ4n) is 2.33. The second-order valence-corrected chi connectivity index (χ2v) is 6.57. The van der Waals surface area contributed by atoms with Crippen molar-refractivity contribution in [3.05, 3.63) is 59.2 Å². The van der Waals surface area contributed by atoms with Crippen LogP contribution in [-0.4, -0.2) is 36.1 Å². The van der Waals surface area contributed by atoms with Crippen molar-refractivity contribution < 1.29 is 19.1 Å². The van der Waals surface area contributed by atoms with Gasteiger partial charge in [-0.15, -0.1) is 5.10 Å². The first-order chi connectivity index (χ1) is 13.1. The van der Waals surface area contributed by atoms with Crippen molar-refractivity contribution in [1.82, 2.24) is 5.32 Å². The molecule has 1 heterocycles. The normalized spacial score (nSPS) is 15.2. The van der Waals surface area contributed by atoms with E-state index in [1.165, 1.54) is 25.1 Å². The van der Waals surface area contributed by atoms with Crippen molar-refractivity contribution in [2.24, 2.45) is 10.2 Å². The minimum absolute atomic E-state index is 0.0876. The number of hydrogen-bond acceptors (Lipinski definition) is 7. The number of rotatable bonds is 5. The Bertz CT molecular complexity index is 940. The van der Waals surface area contributed by atoms with E-state index in [4.69, 9.17) is 9.47 Å². The van der Waals surface area contributed by atoms with Crippen LogP contribution in [0.1, 0.15) is 21.5 Å². The Kier molecular flexibility index (Phi) is 5.87. The van der Waals surface area contributed by atoms with E-state index in [-0.39, 0.29) is 5.91 Å². The third-order valence-electron chi connectivity index (χ3n) is 3.70. The van der Waals surface area contributed by atoms with Gasteiger partial charge < -0.3 is 14.8 Å². The quantitative estimate of drug-likeness (QED) is 0.371. The molecule has 0 saturated carbocycles. The molecule has 1 aliphatic heterocycles. The van der Waals surface area contributed by atoms with E-state index in [9.17, 15) is 9.59 Å². The van der Waals surface area contributed by atoms with Crippen molar-refractivity contribution in [1.29, 1.82) is 0 Å². The number of ether oxygens (including phenoxy) is 2. The van der Waals surface area contributed by atoms with Crippen LogP contribution >= 0.6 is 11.8 Å². The third kappa shape index (κ3) is 4.73. The monoisotopic (exact) mass is 383 g/mol. The van der Waals surface area contributed by atoms with Crippen LogP contribution in [0.25, 0.3) is 0 Å². The maximum atomic E-state index is 12.4. The van der Waals surface area contributed by atoms with E-state index in [0.717, 1.165) is 5.56 Å². The second kappa shape index (κ2) is 8.50. The van der Waals surface area contributed by atoms with E-state index in [1.54, 1.807) is 30.3 Å². The van der Waals surface area contributed by atoms with Crippen molar-refractivity contribution in [3.63, 3.8) is 0 Å². The van der Waals surface area contributed by atoms with Gasteiger partial charge in [0.15, 0.2) is 16.7 Å². The summed E-state index contributed by atoms with van der Waals surface area (Å²) in [5.74, 6) is 0.525. The molecule has 2 aromatic carbocycles. The lowest BCUT2D eigenvalue weighted by Gasteiger charge is -2.10. The van der Waals surface area contributed by atoms with E-state index >= 15 is 0 Å². The summed E-state index contributed by atoms with van der Waals surface area (Å²) in [5, 5.41) is 10.9. The minimum Gasteiger partial charge on any atom is -0.493 e. The molecule has 0 aliphatic carbocycles. The standard InChI is InChI=1S/C19H17N3O4S/c1-12-5-3-4-6-14(12)18(24)26-15-8-7-13(9-16(15)25-2)10-20-22-19-21-17(23)11-27-19/h3-10H,11H2,1-2H3,(H,21,22,23). The summed E-state index contributed by atoms with van der Waals surface area (Å²) >= 11 is 1.29. The van der Waals surface area contributed by atoms with E-state index in [0.29, 0.717) is 33.5 Å². The van der Waals surface area contributed by atoms with Crippen LogP contribution in [0.4, 0.5) is 0 Å². The number of amides is 1. The molecule has 1 saturated heterocycles. The van der Waals surface area contributed by atoms with Crippen LogP contribution in [0, 0.1) is 6.92 Å². The molecule has 0 unspecified atom stereocenters. The number of methoxy groups -OCH3 is 1. The number of aryl methyl sites for hydroxylation is 1. The van der Waals surface area contributed by atoms with Gasteiger partial charge >= 0.3 is 5.97 Å². The predicted molar refractivity (Wildman–Crippen MR) is 105 cm³/mol. The van der Waals surface area contributed by atoms with E-state index in [1.807, 2.05) is 19.1 Å². The number of amidine groups is 1. The third-order valence-corrected chi connectivity index (χ3v) is 4.56. The van der Waals surface area contributed by atoms with Gasteiger partial charge in [-0.25, -0.2) is 4.79 Å². The molecule has 8 heteroatoms. The Morgan fingerprint density at radius 1 is 1.22 bits per heavy atom. The van der Waals surface area contributed by atoms with Crippen LogP contribution < -0.4 is 14.8 Å². The highest BCUT2D eigenvalue weighted by atomic mass is 32.2. The summed E-state index contributed by atoms with van der Waals surface area (Å²) in [5.41, 5.74) is 2.04. The SMILES string of the molecule is COc1cc(C=NN=C2NC(=O)CS2)ccc1OC(=O)c1ccccc1C. The number of nitrogens with one attached hydrogen (secondary N) is 1. The van der Waals surface area contributed by atoms with Crippen molar-refractivity contribution >= 4 is 35.0 Å². The number of esters is 1. The minimum atomic E-state index is -0.451. The van der Waals surface area contributed by atoms with Crippen LogP contribution in [0.3, 0.4) is 0 Å². The molecule has 0 spiro atoms. The molecule has 1 N–H and O–H groups in total. The van der Waals surface area contributed by atoms with E-state index in [2.05, 4.69) is 15.5 Å².